The van der Waals surface area contributed by atoms with Crippen molar-refractivity contribution in [3.8, 4) is 0 Å². The van der Waals surface area contributed by atoms with Gasteiger partial charge in [-0.25, -0.2) is 9.18 Å². The van der Waals surface area contributed by atoms with Gasteiger partial charge in [0.15, 0.2) is 0 Å². The zero-order valence-electron chi connectivity index (χ0n) is 11.7. The Morgan fingerprint density at radius 2 is 1.78 bits per heavy atom. The number of rotatable bonds is 2. The van der Waals surface area contributed by atoms with Gasteiger partial charge in [-0.2, -0.15) is 13.2 Å². The summed E-state index contributed by atoms with van der Waals surface area (Å²) >= 11 is 0. The van der Waals surface area contributed by atoms with Gasteiger partial charge in [-0.3, -0.25) is 4.90 Å². The standard InChI is InChI=1S/C16H11F4NO2/c17-12-3-1-2-10(8-12)14-9-23-15(22)21(14)13-6-4-11(5-7-13)16(18,19)20/h1-8,14H,9H2/t14-/m1/s1. The molecule has 23 heavy (non-hydrogen) atoms. The lowest BCUT2D eigenvalue weighted by molar-refractivity contribution is -0.137. The van der Waals surface area contributed by atoms with Crippen LogP contribution in [0.3, 0.4) is 0 Å². The van der Waals surface area contributed by atoms with Gasteiger partial charge in [0.05, 0.1) is 11.6 Å². The summed E-state index contributed by atoms with van der Waals surface area (Å²) in [7, 11) is 0. The number of cyclic esters (lactones) is 1. The third kappa shape index (κ3) is 2.99. The van der Waals surface area contributed by atoms with E-state index in [9.17, 15) is 22.4 Å². The van der Waals surface area contributed by atoms with E-state index < -0.39 is 29.7 Å². The van der Waals surface area contributed by atoms with Crippen molar-refractivity contribution in [1.82, 2.24) is 0 Å². The maximum absolute atomic E-state index is 13.4. The van der Waals surface area contributed by atoms with Gasteiger partial charge in [0.1, 0.15) is 12.4 Å². The lowest BCUT2D eigenvalue weighted by Crippen LogP contribution is -2.27. The molecule has 0 unspecified atom stereocenters. The predicted octanol–water partition coefficient (Wildman–Crippen LogP) is 4.54. The molecule has 1 heterocycles. The van der Waals surface area contributed by atoms with Crippen LogP contribution in [0, 0.1) is 5.82 Å². The highest BCUT2D eigenvalue weighted by molar-refractivity contribution is 5.90. The zero-order chi connectivity index (χ0) is 16.6. The van der Waals surface area contributed by atoms with Crippen molar-refractivity contribution in [3.05, 3.63) is 65.5 Å². The number of ether oxygens (including phenoxy) is 1. The van der Waals surface area contributed by atoms with Crippen LogP contribution in [0.25, 0.3) is 0 Å². The van der Waals surface area contributed by atoms with Crippen LogP contribution in [0.15, 0.2) is 48.5 Å². The summed E-state index contributed by atoms with van der Waals surface area (Å²) in [6.45, 7) is 0.00328. The molecule has 120 valence electrons. The van der Waals surface area contributed by atoms with Gasteiger partial charge in [-0.1, -0.05) is 12.1 Å². The first-order valence-corrected chi connectivity index (χ1v) is 6.75. The Morgan fingerprint density at radius 1 is 1.09 bits per heavy atom. The number of hydrogen-bond acceptors (Lipinski definition) is 2. The smallest absolute Gasteiger partial charge is 0.416 e. The molecule has 1 atom stereocenters. The normalized spacial score (nSPS) is 18.2. The second-order valence-corrected chi connectivity index (χ2v) is 5.06. The maximum Gasteiger partial charge on any atom is 0.416 e. The Hall–Kier alpha value is -2.57. The molecule has 0 radical (unpaired) electrons. The summed E-state index contributed by atoms with van der Waals surface area (Å²) in [5, 5.41) is 0. The zero-order valence-corrected chi connectivity index (χ0v) is 11.7. The Morgan fingerprint density at radius 3 is 2.39 bits per heavy atom. The number of amides is 1. The van der Waals surface area contributed by atoms with Crippen LogP contribution in [0.5, 0.6) is 0 Å². The lowest BCUT2D eigenvalue weighted by Gasteiger charge is -2.22. The molecule has 1 aliphatic heterocycles. The van der Waals surface area contributed by atoms with Crippen LogP contribution in [0.2, 0.25) is 0 Å². The number of alkyl halides is 3. The van der Waals surface area contributed by atoms with Crippen molar-refractivity contribution in [1.29, 1.82) is 0 Å². The van der Waals surface area contributed by atoms with E-state index >= 15 is 0 Å². The lowest BCUT2D eigenvalue weighted by atomic mass is 10.1. The molecular weight excluding hydrogens is 314 g/mol. The summed E-state index contributed by atoms with van der Waals surface area (Å²) in [5.41, 5.74) is -0.0402. The van der Waals surface area contributed by atoms with Gasteiger partial charge in [0.2, 0.25) is 0 Å². The van der Waals surface area contributed by atoms with Crippen LogP contribution >= 0.6 is 0 Å². The van der Waals surface area contributed by atoms with E-state index in [1.807, 2.05) is 0 Å². The predicted molar refractivity (Wildman–Crippen MR) is 74.4 cm³/mol. The minimum atomic E-state index is -4.45. The maximum atomic E-state index is 13.4. The Kier molecular flexibility index (Phi) is 3.71. The SMILES string of the molecule is O=C1OC[C@H](c2cccc(F)c2)N1c1ccc(C(F)(F)F)cc1. The monoisotopic (exact) mass is 325 g/mol. The fourth-order valence-electron chi connectivity index (χ4n) is 2.48. The summed E-state index contributed by atoms with van der Waals surface area (Å²) < 4.78 is 56.2. The number of benzene rings is 2. The third-order valence-electron chi connectivity index (χ3n) is 3.58. The quantitative estimate of drug-likeness (QED) is 0.759. The highest BCUT2D eigenvalue weighted by Crippen LogP contribution is 2.35. The van der Waals surface area contributed by atoms with Gasteiger partial charge in [0, 0.05) is 5.69 Å². The molecule has 1 saturated heterocycles. The molecule has 0 spiro atoms. The fraction of sp³-hybridized carbons (Fsp3) is 0.188. The Bertz CT molecular complexity index is 728. The van der Waals surface area contributed by atoms with Gasteiger partial charge in [-0.15, -0.1) is 0 Å². The van der Waals surface area contributed by atoms with Gasteiger partial charge < -0.3 is 4.74 Å². The number of hydrogen-bond donors (Lipinski definition) is 0. The second kappa shape index (κ2) is 5.57. The van der Waals surface area contributed by atoms with Crippen LogP contribution in [0.1, 0.15) is 17.2 Å². The molecule has 3 rings (SSSR count). The van der Waals surface area contributed by atoms with E-state index in [0.29, 0.717) is 5.56 Å². The number of carbonyl (C=O) groups excluding carboxylic acids is 1. The van der Waals surface area contributed by atoms with Crippen molar-refractivity contribution >= 4 is 11.8 Å². The molecule has 1 amide bonds. The van der Waals surface area contributed by atoms with Crippen LogP contribution in [-0.4, -0.2) is 12.7 Å². The van der Waals surface area contributed by atoms with Crippen LogP contribution < -0.4 is 4.90 Å². The largest absolute Gasteiger partial charge is 0.447 e. The fourth-order valence-corrected chi connectivity index (χ4v) is 2.48. The van der Waals surface area contributed by atoms with Gasteiger partial charge in [0.25, 0.3) is 0 Å². The first-order chi connectivity index (χ1) is 10.9. The first-order valence-electron chi connectivity index (χ1n) is 6.75. The van der Waals surface area contributed by atoms with E-state index in [2.05, 4.69) is 0 Å². The average Bonchev–Trinajstić information content (AvgIpc) is 2.88. The number of anilines is 1. The van der Waals surface area contributed by atoms with Crippen molar-refractivity contribution in [2.24, 2.45) is 0 Å². The number of nitrogens with zero attached hydrogens (tertiary/aromatic N) is 1. The summed E-state index contributed by atoms with van der Waals surface area (Å²) in [5.74, 6) is -0.464. The highest BCUT2D eigenvalue weighted by atomic mass is 19.4. The molecule has 3 nitrogen and oxygen atoms in total. The molecular formula is C16H11F4NO2. The molecule has 0 bridgehead atoms. The molecule has 0 N–H and O–H groups in total. The van der Waals surface area contributed by atoms with Gasteiger partial charge >= 0.3 is 12.3 Å². The van der Waals surface area contributed by atoms with Crippen molar-refractivity contribution < 1.29 is 27.1 Å². The molecule has 2 aromatic rings. The van der Waals surface area contributed by atoms with E-state index in [1.54, 1.807) is 6.07 Å². The molecule has 1 aliphatic rings. The minimum absolute atomic E-state index is 0.00328. The van der Waals surface area contributed by atoms with E-state index in [4.69, 9.17) is 4.74 Å². The molecule has 2 aromatic carbocycles. The molecule has 0 saturated carbocycles. The number of carbonyl (C=O) groups is 1. The molecule has 0 aliphatic carbocycles. The van der Waals surface area contributed by atoms with E-state index in [1.165, 1.54) is 35.2 Å². The van der Waals surface area contributed by atoms with E-state index in [0.717, 1.165) is 12.1 Å². The minimum Gasteiger partial charge on any atom is -0.447 e. The van der Waals surface area contributed by atoms with Crippen LogP contribution in [0.4, 0.5) is 28.0 Å². The molecule has 1 fully saturated rings. The highest BCUT2D eigenvalue weighted by Gasteiger charge is 2.36. The van der Waals surface area contributed by atoms with Crippen LogP contribution in [-0.2, 0) is 10.9 Å². The molecule has 0 aromatic heterocycles. The van der Waals surface area contributed by atoms with E-state index in [-0.39, 0.29) is 12.3 Å². The van der Waals surface area contributed by atoms with Gasteiger partial charge in [-0.05, 0) is 42.0 Å². The second-order valence-electron chi connectivity index (χ2n) is 5.06. The average molecular weight is 325 g/mol. The molecule has 7 heteroatoms. The van der Waals surface area contributed by atoms with Crippen molar-refractivity contribution in [2.45, 2.75) is 12.2 Å². The van der Waals surface area contributed by atoms with Crippen molar-refractivity contribution in [2.75, 3.05) is 11.5 Å². The topological polar surface area (TPSA) is 29.5 Å². The summed E-state index contributed by atoms with van der Waals surface area (Å²) in [6.07, 6.45) is -5.13. The Balaban J connectivity index is 1.94. The number of halogens is 4. The Labute approximate surface area is 129 Å². The summed E-state index contributed by atoms with van der Waals surface area (Å²) in [4.78, 5) is 13.1. The summed E-state index contributed by atoms with van der Waals surface area (Å²) in [6, 6.07) is 9.25. The van der Waals surface area contributed by atoms with Crippen molar-refractivity contribution in [3.63, 3.8) is 0 Å². The first kappa shape index (κ1) is 15.3. The third-order valence-corrected chi connectivity index (χ3v) is 3.58.